The molecule has 25 heavy (non-hydrogen) atoms. The number of benzene rings is 2. The van der Waals surface area contributed by atoms with Gasteiger partial charge in [-0.25, -0.2) is 12.8 Å². The molecule has 1 atom stereocenters. The molecule has 0 unspecified atom stereocenters. The molecule has 2 aromatic carbocycles. The molecule has 1 fully saturated rings. The summed E-state index contributed by atoms with van der Waals surface area (Å²) in [6, 6.07) is 11.8. The van der Waals surface area contributed by atoms with Crippen molar-refractivity contribution in [1.29, 1.82) is 0 Å². The van der Waals surface area contributed by atoms with Crippen molar-refractivity contribution >= 4 is 21.6 Å². The van der Waals surface area contributed by atoms with Crippen molar-refractivity contribution in [3.63, 3.8) is 0 Å². The average molecular weight is 362 g/mol. The minimum atomic E-state index is -3.66. The Kier molecular flexibility index (Phi) is 4.87. The van der Waals surface area contributed by atoms with Crippen LogP contribution in [0.3, 0.4) is 0 Å². The first-order chi connectivity index (χ1) is 11.9. The van der Waals surface area contributed by atoms with Gasteiger partial charge in [-0.1, -0.05) is 12.1 Å². The zero-order valence-electron chi connectivity index (χ0n) is 13.8. The Morgan fingerprint density at radius 3 is 2.36 bits per heavy atom. The van der Waals surface area contributed by atoms with Gasteiger partial charge in [0.25, 0.3) is 0 Å². The number of hydrogen-bond acceptors (Lipinski definition) is 3. The van der Waals surface area contributed by atoms with E-state index >= 15 is 0 Å². The average Bonchev–Trinajstić information content (AvgIpc) is 3.06. The molecule has 3 rings (SSSR count). The highest BCUT2D eigenvalue weighted by atomic mass is 32.2. The maximum absolute atomic E-state index is 13.1. The molecule has 0 spiro atoms. The van der Waals surface area contributed by atoms with Crippen molar-refractivity contribution in [3.05, 3.63) is 59.9 Å². The number of nitrogens with one attached hydrogen (secondary N) is 1. The van der Waals surface area contributed by atoms with Crippen LogP contribution in [0.15, 0.2) is 53.4 Å². The summed E-state index contributed by atoms with van der Waals surface area (Å²) >= 11 is 0. The summed E-state index contributed by atoms with van der Waals surface area (Å²) in [5, 5.41) is 2.61. The minimum Gasteiger partial charge on any atom is -0.326 e. The Morgan fingerprint density at radius 1 is 1.12 bits per heavy atom. The number of hydrogen-bond donors (Lipinski definition) is 1. The van der Waals surface area contributed by atoms with Gasteiger partial charge in [-0.2, -0.15) is 4.31 Å². The molecule has 1 heterocycles. The molecule has 1 aliphatic rings. The van der Waals surface area contributed by atoms with Gasteiger partial charge in [0.2, 0.25) is 15.9 Å². The van der Waals surface area contributed by atoms with Crippen LogP contribution in [0.5, 0.6) is 0 Å². The summed E-state index contributed by atoms with van der Waals surface area (Å²) in [4.78, 5) is 11.2. The number of halogens is 1. The maximum atomic E-state index is 13.1. The van der Waals surface area contributed by atoms with Crippen LogP contribution >= 0.6 is 0 Å². The lowest BCUT2D eigenvalue weighted by Crippen LogP contribution is -2.30. The van der Waals surface area contributed by atoms with Crippen molar-refractivity contribution in [2.24, 2.45) is 0 Å². The minimum absolute atomic E-state index is 0.176. The number of anilines is 1. The molecule has 1 saturated heterocycles. The van der Waals surface area contributed by atoms with E-state index in [2.05, 4.69) is 5.32 Å². The molecular weight excluding hydrogens is 343 g/mol. The van der Waals surface area contributed by atoms with Crippen LogP contribution < -0.4 is 5.32 Å². The second-order valence-electron chi connectivity index (χ2n) is 6.03. The highest BCUT2D eigenvalue weighted by Crippen LogP contribution is 2.36. The number of carbonyl (C=O) groups excluding carboxylic acids is 1. The number of sulfonamides is 1. The molecule has 1 aliphatic heterocycles. The van der Waals surface area contributed by atoms with Gasteiger partial charge < -0.3 is 5.32 Å². The van der Waals surface area contributed by atoms with Crippen LogP contribution in [0.25, 0.3) is 0 Å². The Labute approximate surface area is 146 Å². The second-order valence-corrected chi connectivity index (χ2v) is 7.92. The lowest BCUT2D eigenvalue weighted by molar-refractivity contribution is -0.114. The van der Waals surface area contributed by atoms with Crippen molar-refractivity contribution in [2.45, 2.75) is 30.7 Å². The Hall–Kier alpha value is -2.25. The lowest BCUT2D eigenvalue weighted by Gasteiger charge is -2.24. The van der Waals surface area contributed by atoms with Gasteiger partial charge in [0, 0.05) is 19.2 Å². The van der Waals surface area contributed by atoms with Crippen LogP contribution in [0, 0.1) is 5.82 Å². The SMILES string of the molecule is CC(=O)Nc1ccc(S(=O)(=O)N2CCC[C@H]2c2ccc(F)cc2)cc1. The normalized spacial score (nSPS) is 18.2. The van der Waals surface area contributed by atoms with E-state index in [1.807, 2.05) is 0 Å². The summed E-state index contributed by atoms with van der Waals surface area (Å²) in [7, 11) is -3.66. The fourth-order valence-corrected chi connectivity index (χ4v) is 4.78. The van der Waals surface area contributed by atoms with Crippen LogP contribution in [-0.2, 0) is 14.8 Å². The highest BCUT2D eigenvalue weighted by molar-refractivity contribution is 7.89. The third-order valence-electron chi connectivity index (χ3n) is 4.24. The molecule has 132 valence electrons. The molecule has 0 saturated carbocycles. The van der Waals surface area contributed by atoms with Crippen molar-refractivity contribution in [1.82, 2.24) is 4.31 Å². The van der Waals surface area contributed by atoms with E-state index in [0.29, 0.717) is 18.7 Å². The van der Waals surface area contributed by atoms with Crippen LogP contribution in [0.4, 0.5) is 10.1 Å². The highest BCUT2D eigenvalue weighted by Gasteiger charge is 2.36. The first-order valence-corrected chi connectivity index (χ1v) is 9.47. The third kappa shape index (κ3) is 3.72. The largest absolute Gasteiger partial charge is 0.326 e. The van der Waals surface area contributed by atoms with E-state index in [4.69, 9.17) is 0 Å². The fraction of sp³-hybridized carbons (Fsp3) is 0.278. The van der Waals surface area contributed by atoms with E-state index in [1.54, 1.807) is 24.3 Å². The molecule has 7 heteroatoms. The first-order valence-electron chi connectivity index (χ1n) is 8.03. The molecule has 2 aromatic rings. The van der Waals surface area contributed by atoms with Crippen LogP contribution in [0.2, 0.25) is 0 Å². The number of nitrogens with zero attached hydrogens (tertiary/aromatic N) is 1. The molecular formula is C18H19FN2O3S. The Morgan fingerprint density at radius 2 is 1.76 bits per heavy atom. The Bertz CT molecular complexity index is 864. The van der Waals surface area contributed by atoms with Crippen molar-refractivity contribution in [2.75, 3.05) is 11.9 Å². The van der Waals surface area contributed by atoms with Crippen LogP contribution in [0.1, 0.15) is 31.4 Å². The quantitative estimate of drug-likeness (QED) is 0.907. The summed E-state index contributed by atoms with van der Waals surface area (Å²) in [5.74, 6) is -0.559. The van der Waals surface area contributed by atoms with E-state index in [-0.39, 0.29) is 22.7 Å². The summed E-state index contributed by atoms with van der Waals surface area (Å²) in [5.41, 5.74) is 1.33. The zero-order valence-corrected chi connectivity index (χ0v) is 14.6. The smallest absolute Gasteiger partial charge is 0.243 e. The molecule has 1 amide bonds. The summed E-state index contributed by atoms with van der Waals surface area (Å²) in [6.45, 7) is 1.82. The predicted molar refractivity (Wildman–Crippen MR) is 93.0 cm³/mol. The second kappa shape index (κ2) is 6.93. The molecule has 5 nitrogen and oxygen atoms in total. The predicted octanol–water partition coefficient (Wildman–Crippen LogP) is 3.31. The van der Waals surface area contributed by atoms with Crippen LogP contribution in [-0.4, -0.2) is 25.2 Å². The van der Waals surface area contributed by atoms with E-state index < -0.39 is 10.0 Å². The monoisotopic (exact) mass is 362 g/mol. The van der Waals surface area contributed by atoms with E-state index in [0.717, 1.165) is 12.0 Å². The molecule has 0 bridgehead atoms. The van der Waals surface area contributed by atoms with E-state index in [1.165, 1.54) is 35.5 Å². The summed E-state index contributed by atoms with van der Waals surface area (Å²) in [6.07, 6.45) is 1.46. The molecule has 0 aromatic heterocycles. The van der Waals surface area contributed by atoms with E-state index in [9.17, 15) is 17.6 Å². The van der Waals surface area contributed by atoms with Crippen molar-refractivity contribution in [3.8, 4) is 0 Å². The Balaban J connectivity index is 1.87. The van der Waals surface area contributed by atoms with Gasteiger partial charge in [-0.3, -0.25) is 4.79 Å². The topological polar surface area (TPSA) is 66.5 Å². The fourth-order valence-electron chi connectivity index (χ4n) is 3.09. The lowest BCUT2D eigenvalue weighted by atomic mass is 10.1. The number of amides is 1. The molecule has 0 aliphatic carbocycles. The summed E-state index contributed by atoms with van der Waals surface area (Å²) < 4.78 is 40.6. The van der Waals surface area contributed by atoms with Gasteiger partial charge in [-0.05, 0) is 54.8 Å². The standard InChI is InChI=1S/C18H19FN2O3S/c1-13(22)20-16-8-10-17(11-9-16)25(23,24)21-12-2-3-18(21)14-4-6-15(19)7-5-14/h4-11,18H,2-3,12H2,1H3,(H,20,22)/t18-/m0/s1. The number of carbonyl (C=O) groups is 1. The van der Waals surface area contributed by atoms with Gasteiger partial charge in [0.1, 0.15) is 5.82 Å². The number of rotatable bonds is 4. The third-order valence-corrected chi connectivity index (χ3v) is 6.16. The van der Waals surface area contributed by atoms with Gasteiger partial charge in [0.05, 0.1) is 10.9 Å². The zero-order chi connectivity index (χ0) is 18.0. The van der Waals surface area contributed by atoms with Crippen molar-refractivity contribution < 1.29 is 17.6 Å². The van der Waals surface area contributed by atoms with Gasteiger partial charge >= 0.3 is 0 Å². The first kappa shape index (κ1) is 17.6. The van der Waals surface area contributed by atoms with Gasteiger partial charge in [0.15, 0.2) is 0 Å². The molecule has 0 radical (unpaired) electrons. The molecule has 1 N–H and O–H groups in total. The van der Waals surface area contributed by atoms with Gasteiger partial charge in [-0.15, -0.1) is 0 Å². The maximum Gasteiger partial charge on any atom is 0.243 e.